The van der Waals surface area contributed by atoms with Crippen molar-refractivity contribution in [3.05, 3.63) is 108 Å². The van der Waals surface area contributed by atoms with Crippen LogP contribution in [-0.2, 0) is 4.79 Å². The van der Waals surface area contributed by atoms with E-state index >= 15 is 0 Å². The van der Waals surface area contributed by atoms with Gasteiger partial charge in [0.15, 0.2) is 5.78 Å². The summed E-state index contributed by atoms with van der Waals surface area (Å²) >= 11 is 0. The van der Waals surface area contributed by atoms with Gasteiger partial charge in [-0.05, 0) is 78.7 Å². The number of anilines is 1. The molecule has 1 fully saturated rings. The Morgan fingerprint density at radius 2 is 1.56 bits per heavy atom. The number of nitrogens with zero attached hydrogens (tertiary/aromatic N) is 1. The number of ketones is 1. The van der Waals surface area contributed by atoms with Crippen LogP contribution in [-0.4, -0.2) is 18.3 Å². The smallest absolute Gasteiger partial charge is 0.236 e. The van der Waals surface area contributed by atoms with E-state index in [0.29, 0.717) is 17.9 Å². The summed E-state index contributed by atoms with van der Waals surface area (Å²) in [6.07, 6.45) is 4.95. The quantitative estimate of drug-likeness (QED) is 0.163. The Labute approximate surface area is 197 Å². The zero-order chi connectivity index (χ0) is 24.1. The molecular formula is C28H25F2NO3. The van der Waals surface area contributed by atoms with Gasteiger partial charge in [-0.1, -0.05) is 31.6 Å². The summed E-state index contributed by atoms with van der Waals surface area (Å²) in [6.45, 7) is 2.73. The van der Waals surface area contributed by atoms with Crippen LogP contribution in [0.25, 0.3) is 0 Å². The molecule has 0 aromatic heterocycles. The summed E-state index contributed by atoms with van der Waals surface area (Å²) in [5.74, 6) is -1.14. The van der Waals surface area contributed by atoms with Gasteiger partial charge in [0.05, 0.1) is 18.6 Å². The largest absolute Gasteiger partial charge is 0.494 e. The lowest BCUT2D eigenvalue weighted by molar-refractivity contribution is -0.128. The third-order valence-corrected chi connectivity index (χ3v) is 5.82. The van der Waals surface area contributed by atoms with Crippen molar-refractivity contribution in [3.8, 4) is 5.75 Å². The summed E-state index contributed by atoms with van der Waals surface area (Å²) < 4.78 is 32.3. The van der Waals surface area contributed by atoms with E-state index in [1.165, 1.54) is 42.5 Å². The number of hydrogen-bond donors (Lipinski definition) is 0. The van der Waals surface area contributed by atoms with E-state index in [0.717, 1.165) is 24.2 Å². The molecule has 1 heterocycles. The van der Waals surface area contributed by atoms with Crippen molar-refractivity contribution < 1.29 is 23.1 Å². The number of rotatable bonds is 9. The van der Waals surface area contributed by atoms with Gasteiger partial charge in [-0.3, -0.25) is 9.59 Å². The van der Waals surface area contributed by atoms with Gasteiger partial charge in [-0.2, -0.15) is 0 Å². The van der Waals surface area contributed by atoms with Gasteiger partial charge in [-0.25, -0.2) is 8.78 Å². The highest BCUT2D eigenvalue weighted by Gasteiger charge is 2.47. The maximum atomic E-state index is 13.4. The number of unbranched alkanes of at least 4 members (excludes halogenated alkanes) is 1. The number of ether oxygens (including phenoxy) is 1. The van der Waals surface area contributed by atoms with Crippen molar-refractivity contribution in [3.63, 3.8) is 0 Å². The highest BCUT2D eigenvalue weighted by Crippen LogP contribution is 2.44. The molecule has 1 aliphatic heterocycles. The fourth-order valence-corrected chi connectivity index (χ4v) is 3.94. The van der Waals surface area contributed by atoms with E-state index in [4.69, 9.17) is 4.74 Å². The minimum atomic E-state index is -0.568. The second kappa shape index (κ2) is 10.4. The second-order valence-electron chi connectivity index (χ2n) is 8.16. The number of hydrogen-bond acceptors (Lipinski definition) is 3. The number of benzene rings is 3. The van der Waals surface area contributed by atoms with Crippen LogP contribution >= 0.6 is 0 Å². The molecule has 174 valence electrons. The first-order valence-corrected chi connectivity index (χ1v) is 11.3. The average Bonchev–Trinajstić information content (AvgIpc) is 2.85. The van der Waals surface area contributed by atoms with Crippen molar-refractivity contribution in [1.82, 2.24) is 0 Å². The predicted molar refractivity (Wildman–Crippen MR) is 127 cm³/mol. The molecule has 0 saturated carbocycles. The summed E-state index contributed by atoms with van der Waals surface area (Å²) in [4.78, 5) is 27.2. The molecule has 2 atom stereocenters. The monoisotopic (exact) mass is 461 g/mol. The molecule has 0 aliphatic carbocycles. The Bertz CT molecular complexity index is 1170. The van der Waals surface area contributed by atoms with Gasteiger partial charge < -0.3 is 9.64 Å². The topological polar surface area (TPSA) is 46.6 Å². The molecule has 0 unspecified atom stereocenters. The minimum absolute atomic E-state index is 0.192. The molecule has 0 N–H and O–H groups in total. The van der Waals surface area contributed by atoms with E-state index in [-0.39, 0.29) is 23.5 Å². The maximum absolute atomic E-state index is 13.4. The normalized spacial score (nSPS) is 17.6. The van der Waals surface area contributed by atoms with Crippen molar-refractivity contribution in [2.75, 3.05) is 11.5 Å². The van der Waals surface area contributed by atoms with Crippen LogP contribution < -0.4 is 9.64 Å². The van der Waals surface area contributed by atoms with E-state index in [1.54, 1.807) is 23.1 Å². The average molecular weight is 462 g/mol. The van der Waals surface area contributed by atoms with Crippen LogP contribution in [0.3, 0.4) is 0 Å². The first-order chi connectivity index (χ1) is 16.5. The lowest BCUT2D eigenvalue weighted by atomic mass is 9.81. The number of allylic oxidation sites excluding steroid dienone is 1. The number of carbonyl (C=O) groups excluding carboxylic acids is 2. The number of β-lactam (4-membered cyclic amide) rings is 1. The Morgan fingerprint density at radius 1 is 0.941 bits per heavy atom. The van der Waals surface area contributed by atoms with Crippen LogP contribution in [0.1, 0.15) is 41.7 Å². The molecule has 1 aliphatic rings. The van der Waals surface area contributed by atoms with E-state index in [9.17, 15) is 18.4 Å². The molecule has 0 radical (unpaired) electrons. The third-order valence-electron chi connectivity index (χ3n) is 5.82. The van der Waals surface area contributed by atoms with Gasteiger partial charge in [-0.15, -0.1) is 0 Å². The third kappa shape index (κ3) is 5.06. The molecule has 1 saturated heterocycles. The van der Waals surface area contributed by atoms with Crippen LogP contribution in [0, 0.1) is 17.6 Å². The molecule has 6 heteroatoms. The van der Waals surface area contributed by atoms with E-state index in [1.807, 2.05) is 24.3 Å². The standard InChI is InChI=1S/C28H25F2NO3/c1-2-3-18-34-24-14-6-20(7-15-24)27-25(16-17-26(32)19-4-8-21(29)9-5-19)28(33)31(27)23-12-10-22(30)11-13-23/h4-17,25,27H,2-3,18H2,1H3/b17-16+/t25-,27-/m1/s1. The number of amides is 1. The Hall–Kier alpha value is -3.80. The maximum Gasteiger partial charge on any atom is 0.236 e. The lowest BCUT2D eigenvalue weighted by Gasteiger charge is -2.46. The summed E-state index contributed by atoms with van der Waals surface area (Å²) in [6, 6.07) is 18.2. The van der Waals surface area contributed by atoms with Crippen molar-refractivity contribution in [2.45, 2.75) is 25.8 Å². The fourth-order valence-electron chi connectivity index (χ4n) is 3.94. The molecule has 34 heavy (non-hydrogen) atoms. The molecule has 4 rings (SSSR count). The molecular weight excluding hydrogens is 436 g/mol. The first kappa shape index (κ1) is 23.4. The van der Waals surface area contributed by atoms with Gasteiger partial charge in [0.1, 0.15) is 17.4 Å². The van der Waals surface area contributed by atoms with Crippen LogP contribution in [0.4, 0.5) is 14.5 Å². The zero-order valence-electron chi connectivity index (χ0n) is 18.8. The highest BCUT2D eigenvalue weighted by atomic mass is 19.1. The highest BCUT2D eigenvalue weighted by molar-refractivity contribution is 6.07. The van der Waals surface area contributed by atoms with E-state index in [2.05, 4.69) is 6.92 Å². The minimum Gasteiger partial charge on any atom is -0.494 e. The Balaban J connectivity index is 1.58. The molecule has 0 spiro atoms. The van der Waals surface area contributed by atoms with E-state index < -0.39 is 11.7 Å². The number of halogens is 2. The predicted octanol–water partition coefficient (Wildman–Crippen LogP) is 6.29. The molecule has 0 bridgehead atoms. The van der Waals surface area contributed by atoms with Gasteiger partial charge in [0.25, 0.3) is 0 Å². The fraction of sp³-hybridized carbons (Fsp3) is 0.214. The molecule has 3 aromatic rings. The van der Waals surface area contributed by atoms with Gasteiger partial charge >= 0.3 is 0 Å². The van der Waals surface area contributed by atoms with Crippen LogP contribution in [0.2, 0.25) is 0 Å². The van der Waals surface area contributed by atoms with Crippen molar-refractivity contribution in [2.24, 2.45) is 5.92 Å². The van der Waals surface area contributed by atoms with Crippen molar-refractivity contribution >= 4 is 17.4 Å². The summed E-state index contributed by atoms with van der Waals surface area (Å²) in [7, 11) is 0. The lowest BCUT2D eigenvalue weighted by Crippen LogP contribution is -2.54. The van der Waals surface area contributed by atoms with Crippen LogP contribution in [0.15, 0.2) is 84.9 Å². The Kier molecular flexibility index (Phi) is 7.16. The van der Waals surface area contributed by atoms with Crippen molar-refractivity contribution in [1.29, 1.82) is 0 Å². The second-order valence-corrected chi connectivity index (χ2v) is 8.16. The Morgan fingerprint density at radius 3 is 2.18 bits per heavy atom. The summed E-state index contributed by atoms with van der Waals surface area (Å²) in [5.41, 5.74) is 1.79. The van der Waals surface area contributed by atoms with Gasteiger partial charge in [0, 0.05) is 11.3 Å². The first-order valence-electron chi connectivity index (χ1n) is 11.3. The summed E-state index contributed by atoms with van der Waals surface area (Å²) in [5, 5.41) is 0. The van der Waals surface area contributed by atoms with Crippen LogP contribution in [0.5, 0.6) is 5.75 Å². The zero-order valence-corrected chi connectivity index (χ0v) is 18.8. The van der Waals surface area contributed by atoms with Gasteiger partial charge in [0.2, 0.25) is 5.91 Å². The number of carbonyl (C=O) groups is 2. The SMILES string of the molecule is CCCCOc1ccc([C@@H]2[C@@H](/C=C/C(=O)c3ccc(F)cc3)C(=O)N2c2ccc(F)cc2)cc1. The molecule has 3 aromatic carbocycles. The molecule has 4 nitrogen and oxygen atoms in total. The molecule has 1 amide bonds.